The Labute approximate surface area is 121 Å². The Kier molecular flexibility index (Phi) is 8.27. The van der Waals surface area contributed by atoms with Crippen LogP contribution < -0.4 is 0 Å². The molecule has 114 valence electrons. The van der Waals surface area contributed by atoms with Gasteiger partial charge in [-0.1, -0.05) is 65.2 Å². The summed E-state index contributed by atoms with van der Waals surface area (Å²) in [5.74, 6) is 1.79. The van der Waals surface area contributed by atoms with Crippen molar-refractivity contribution in [2.75, 3.05) is 14.2 Å². The lowest BCUT2D eigenvalue weighted by Crippen LogP contribution is -2.42. The maximum Gasteiger partial charge on any atom is 0.337 e. The Bertz CT molecular complexity index is 223. The largest absolute Gasteiger partial charge is 0.398 e. The quantitative estimate of drug-likeness (QED) is 0.518. The van der Waals surface area contributed by atoms with Gasteiger partial charge in [0.2, 0.25) is 0 Å². The molecule has 0 radical (unpaired) electrons. The maximum atomic E-state index is 5.91. The van der Waals surface area contributed by atoms with E-state index >= 15 is 0 Å². The molecule has 0 saturated heterocycles. The van der Waals surface area contributed by atoms with Crippen molar-refractivity contribution in [1.82, 2.24) is 0 Å². The van der Waals surface area contributed by atoms with Gasteiger partial charge < -0.3 is 8.85 Å². The van der Waals surface area contributed by atoms with E-state index in [0.717, 1.165) is 17.9 Å². The van der Waals surface area contributed by atoms with E-state index in [1.165, 1.54) is 57.4 Å². The Balaban J connectivity index is 2.66. The maximum absolute atomic E-state index is 5.91. The first-order valence-electron chi connectivity index (χ1n) is 8.31. The van der Waals surface area contributed by atoms with Crippen LogP contribution in [0.2, 0.25) is 12.1 Å². The third-order valence-corrected chi connectivity index (χ3v) is 8.84. The number of unbranched alkanes of at least 4 members (excludes halogenated alkanes) is 1. The Morgan fingerprint density at radius 3 is 2.16 bits per heavy atom. The van der Waals surface area contributed by atoms with E-state index in [2.05, 4.69) is 13.8 Å². The Morgan fingerprint density at radius 2 is 1.68 bits per heavy atom. The molecule has 1 saturated carbocycles. The van der Waals surface area contributed by atoms with E-state index in [1.54, 1.807) is 0 Å². The van der Waals surface area contributed by atoms with Crippen molar-refractivity contribution in [2.45, 2.75) is 77.3 Å². The molecular weight excluding hydrogens is 252 g/mol. The summed E-state index contributed by atoms with van der Waals surface area (Å²) in [4.78, 5) is 0. The molecule has 0 N–H and O–H groups in total. The SMILES string of the molecule is CCCCC(C[Si](CCC)(OC)OC)C1CCCC1. The molecule has 1 unspecified atom stereocenters. The second-order valence-corrected chi connectivity index (χ2v) is 9.77. The topological polar surface area (TPSA) is 18.5 Å². The zero-order valence-corrected chi connectivity index (χ0v) is 14.5. The first kappa shape index (κ1) is 17.2. The molecule has 0 aromatic heterocycles. The van der Waals surface area contributed by atoms with Crippen LogP contribution in [-0.4, -0.2) is 22.8 Å². The molecule has 1 atom stereocenters. The lowest BCUT2D eigenvalue weighted by atomic mass is 9.88. The van der Waals surface area contributed by atoms with Gasteiger partial charge in [0, 0.05) is 14.2 Å². The molecule has 1 aliphatic carbocycles. The van der Waals surface area contributed by atoms with Crippen molar-refractivity contribution in [3.05, 3.63) is 0 Å². The van der Waals surface area contributed by atoms with Gasteiger partial charge in [-0.25, -0.2) is 0 Å². The van der Waals surface area contributed by atoms with E-state index in [4.69, 9.17) is 8.85 Å². The van der Waals surface area contributed by atoms with Crippen molar-refractivity contribution in [3.63, 3.8) is 0 Å². The van der Waals surface area contributed by atoms with Crippen LogP contribution in [0.1, 0.15) is 65.2 Å². The van der Waals surface area contributed by atoms with Crippen LogP contribution in [0, 0.1) is 11.8 Å². The molecule has 0 amide bonds. The summed E-state index contributed by atoms with van der Waals surface area (Å²) in [5, 5.41) is 0. The first-order valence-corrected chi connectivity index (χ1v) is 10.5. The molecule has 0 aromatic carbocycles. The standard InChI is InChI=1S/C16H34O2Si/c1-5-7-10-16(15-11-8-9-12-15)14-19(17-3,18-4)13-6-2/h15-16H,5-14H2,1-4H3. The molecule has 0 bridgehead atoms. The molecule has 3 heteroatoms. The Morgan fingerprint density at radius 1 is 1.05 bits per heavy atom. The zero-order chi connectivity index (χ0) is 14.1. The van der Waals surface area contributed by atoms with Gasteiger partial charge in [-0.15, -0.1) is 0 Å². The van der Waals surface area contributed by atoms with Gasteiger partial charge in [0.15, 0.2) is 0 Å². The summed E-state index contributed by atoms with van der Waals surface area (Å²) in [6, 6.07) is 2.37. The lowest BCUT2D eigenvalue weighted by molar-refractivity contribution is 0.217. The fourth-order valence-electron chi connectivity index (χ4n) is 3.74. The zero-order valence-electron chi connectivity index (χ0n) is 13.5. The lowest BCUT2D eigenvalue weighted by Gasteiger charge is -2.33. The van der Waals surface area contributed by atoms with E-state index in [0.29, 0.717) is 0 Å². The van der Waals surface area contributed by atoms with E-state index in [-0.39, 0.29) is 0 Å². The molecule has 0 spiro atoms. The average Bonchev–Trinajstić information content (AvgIpc) is 2.96. The smallest absolute Gasteiger partial charge is 0.337 e. The van der Waals surface area contributed by atoms with Crippen LogP contribution in [0.15, 0.2) is 0 Å². The second-order valence-electron chi connectivity index (χ2n) is 6.22. The van der Waals surface area contributed by atoms with Crippen LogP contribution in [0.3, 0.4) is 0 Å². The predicted octanol–water partition coefficient (Wildman–Crippen LogP) is 5.13. The molecule has 19 heavy (non-hydrogen) atoms. The summed E-state index contributed by atoms with van der Waals surface area (Å²) in [7, 11) is 1.82. The summed E-state index contributed by atoms with van der Waals surface area (Å²) >= 11 is 0. The molecular formula is C16H34O2Si. The van der Waals surface area contributed by atoms with Gasteiger partial charge >= 0.3 is 8.56 Å². The van der Waals surface area contributed by atoms with Crippen LogP contribution in [-0.2, 0) is 8.85 Å². The highest BCUT2D eigenvalue weighted by Crippen LogP contribution is 2.39. The molecule has 2 nitrogen and oxygen atoms in total. The first-order chi connectivity index (χ1) is 9.21. The predicted molar refractivity (Wildman–Crippen MR) is 84.7 cm³/mol. The summed E-state index contributed by atoms with van der Waals surface area (Å²) in [5.41, 5.74) is 0. The van der Waals surface area contributed by atoms with Crippen molar-refractivity contribution in [1.29, 1.82) is 0 Å². The molecule has 0 aromatic rings. The van der Waals surface area contributed by atoms with E-state index in [1.807, 2.05) is 14.2 Å². The van der Waals surface area contributed by atoms with Gasteiger partial charge in [0.05, 0.1) is 0 Å². The van der Waals surface area contributed by atoms with Gasteiger partial charge in [-0.05, 0) is 23.9 Å². The van der Waals surface area contributed by atoms with Gasteiger partial charge in [-0.3, -0.25) is 0 Å². The highest BCUT2D eigenvalue weighted by molar-refractivity contribution is 6.67. The minimum absolute atomic E-state index is 0.848. The average molecular weight is 287 g/mol. The van der Waals surface area contributed by atoms with Crippen LogP contribution >= 0.6 is 0 Å². The third kappa shape index (κ3) is 5.20. The van der Waals surface area contributed by atoms with Crippen LogP contribution in [0.4, 0.5) is 0 Å². The third-order valence-electron chi connectivity index (χ3n) is 4.94. The van der Waals surface area contributed by atoms with Crippen molar-refractivity contribution >= 4 is 8.56 Å². The minimum atomic E-state index is -1.92. The monoisotopic (exact) mass is 286 g/mol. The van der Waals surface area contributed by atoms with Gasteiger partial charge in [0.1, 0.15) is 0 Å². The number of hydrogen-bond acceptors (Lipinski definition) is 2. The van der Waals surface area contributed by atoms with Crippen LogP contribution in [0.25, 0.3) is 0 Å². The normalized spacial score (nSPS) is 18.9. The summed E-state index contributed by atoms with van der Waals surface area (Å²) in [6.45, 7) is 4.55. The molecule has 0 heterocycles. The van der Waals surface area contributed by atoms with Crippen LogP contribution in [0.5, 0.6) is 0 Å². The van der Waals surface area contributed by atoms with E-state index < -0.39 is 8.56 Å². The number of hydrogen-bond donors (Lipinski definition) is 0. The van der Waals surface area contributed by atoms with Gasteiger partial charge in [0.25, 0.3) is 0 Å². The summed E-state index contributed by atoms with van der Waals surface area (Å²) < 4.78 is 11.8. The van der Waals surface area contributed by atoms with Crippen molar-refractivity contribution in [3.8, 4) is 0 Å². The molecule has 1 aliphatic rings. The van der Waals surface area contributed by atoms with Gasteiger partial charge in [-0.2, -0.15) is 0 Å². The van der Waals surface area contributed by atoms with E-state index in [9.17, 15) is 0 Å². The summed E-state index contributed by atoms with van der Waals surface area (Å²) in [6.07, 6.45) is 11.0. The highest BCUT2D eigenvalue weighted by Gasteiger charge is 2.39. The minimum Gasteiger partial charge on any atom is -0.398 e. The fourth-order valence-corrected chi connectivity index (χ4v) is 6.95. The molecule has 0 aliphatic heterocycles. The number of rotatable bonds is 10. The Hall–Kier alpha value is 0.137. The fraction of sp³-hybridized carbons (Fsp3) is 1.00. The molecule has 1 fully saturated rings. The van der Waals surface area contributed by atoms with Crippen molar-refractivity contribution < 1.29 is 8.85 Å². The second kappa shape index (κ2) is 9.14. The highest BCUT2D eigenvalue weighted by atomic mass is 28.4. The van der Waals surface area contributed by atoms with Crippen molar-refractivity contribution in [2.24, 2.45) is 11.8 Å². The molecule has 1 rings (SSSR count).